The van der Waals surface area contributed by atoms with Crippen molar-refractivity contribution in [3.05, 3.63) is 35.6 Å². The van der Waals surface area contributed by atoms with Crippen LogP contribution in [0.4, 0.5) is 4.39 Å². The average molecular weight is 236 g/mol. The number of rotatable bonds is 1. The number of nitrogens with zero attached hydrogens (tertiary/aromatic N) is 2. The zero-order valence-corrected chi connectivity index (χ0v) is 10.0. The highest BCUT2D eigenvalue weighted by Gasteiger charge is 2.18. The Kier molecular flexibility index (Phi) is 3.74. The SMILES string of the molecule is CN1CCCN(C(=O)c2cccc(F)c2)CC1. The molecule has 1 aliphatic rings. The quantitative estimate of drug-likeness (QED) is 0.739. The number of carbonyl (C=O) groups is 1. The molecule has 0 aromatic heterocycles. The summed E-state index contributed by atoms with van der Waals surface area (Å²) < 4.78 is 13.1. The summed E-state index contributed by atoms with van der Waals surface area (Å²) in [6.45, 7) is 3.35. The number of hydrogen-bond acceptors (Lipinski definition) is 2. The van der Waals surface area contributed by atoms with Crippen LogP contribution in [0.25, 0.3) is 0 Å². The van der Waals surface area contributed by atoms with Crippen molar-refractivity contribution >= 4 is 5.91 Å². The van der Waals surface area contributed by atoms with Crippen LogP contribution in [0.5, 0.6) is 0 Å². The van der Waals surface area contributed by atoms with Gasteiger partial charge in [0.05, 0.1) is 0 Å². The molecule has 1 fully saturated rings. The van der Waals surface area contributed by atoms with Crippen LogP contribution >= 0.6 is 0 Å². The van der Waals surface area contributed by atoms with Gasteiger partial charge in [-0.15, -0.1) is 0 Å². The third-order valence-corrected chi connectivity index (χ3v) is 3.08. The van der Waals surface area contributed by atoms with Gasteiger partial charge in [0, 0.05) is 25.2 Å². The molecule has 3 nitrogen and oxygen atoms in total. The predicted octanol–water partition coefficient (Wildman–Crippen LogP) is 1.60. The Hall–Kier alpha value is -1.42. The normalized spacial score (nSPS) is 17.9. The van der Waals surface area contributed by atoms with Gasteiger partial charge in [-0.2, -0.15) is 0 Å². The lowest BCUT2D eigenvalue weighted by Crippen LogP contribution is -2.34. The Morgan fingerprint density at radius 1 is 1.24 bits per heavy atom. The van der Waals surface area contributed by atoms with Crippen molar-refractivity contribution in [3.63, 3.8) is 0 Å². The first-order valence-electron chi connectivity index (χ1n) is 5.90. The Balaban J connectivity index is 2.09. The van der Waals surface area contributed by atoms with E-state index in [-0.39, 0.29) is 11.7 Å². The van der Waals surface area contributed by atoms with Crippen molar-refractivity contribution in [2.45, 2.75) is 6.42 Å². The second-order valence-corrected chi connectivity index (χ2v) is 4.46. The highest BCUT2D eigenvalue weighted by atomic mass is 19.1. The topological polar surface area (TPSA) is 23.6 Å². The molecule has 0 saturated carbocycles. The van der Waals surface area contributed by atoms with Gasteiger partial charge in [0.2, 0.25) is 0 Å². The van der Waals surface area contributed by atoms with Gasteiger partial charge in [-0.1, -0.05) is 6.07 Å². The Bertz CT molecular complexity index is 408. The van der Waals surface area contributed by atoms with Crippen LogP contribution in [0.1, 0.15) is 16.8 Å². The van der Waals surface area contributed by atoms with Crippen molar-refractivity contribution in [1.29, 1.82) is 0 Å². The lowest BCUT2D eigenvalue weighted by Gasteiger charge is -2.20. The van der Waals surface area contributed by atoms with E-state index in [9.17, 15) is 9.18 Å². The van der Waals surface area contributed by atoms with E-state index < -0.39 is 0 Å². The van der Waals surface area contributed by atoms with Crippen molar-refractivity contribution < 1.29 is 9.18 Å². The van der Waals surface area contributed by atoms with Gasteiger partial charge in [0.25, 0.3) is 5.91 Å². The summed E-state index contributed by atoms with van der Waals surface area (Å²) >= 11 is 0. The number of hydrogen-bond donors (Lipinski definition) is 0. The summed E-state index contributed by atoms with van der Waals surface area (Å²) in [6.07, 6.45) is 0.970. The maximum Gasteiger partial charge on any atom is 0.254 e. The van der Waals surface area contributed by atoms with Crippen LogP contribution < -0.4 is 0 Å². The minimum absolute atomic E-state index is 0.0696. The first-order chi connectivity index (χ1) is 8.16. The maximum absolute atomic E-state index is 13.1. The van der Waals surface area contributed by atoms with E-state index in [0.717, 1.165) is 26.1 Å². The summed E-state index contributed by atoms with van der Waals surface area (Å²) in [6, 6.07) is 5.90. The van der Waals surface area contributed by atoms with Crippen molar-refractivity contribution in [2.24, 2.45) is 0 Å². The van der Waals surface area contributed by atoms with E-state index >= 15 is 0 Å². The molecule has 1 heterocycles. The van der Waals surface area contributed by atoms with E-state index in [1.54, 1.807) is 17.0 Å². The number of halogens is 1. The van der Waals surface area contributed by atoms with Crippen LogP contribution in [-0.4, -0.2) is 48.9 Å². The van der Waals surface area contributed by atoms with Crippen LogP contribution in [-0.2, 0) is 0 Å². The zero-order chi connectivity index (χ0) is 12.3. The van der Waals surface area contributed by atoms with Gasteiger partial charge < -0.3 is 9.80 Å². The van der Waals surface area contributed by atoms with Gasteiger partial charge in [0.1, 0.15) is 5.82 Å². The first kappa shape index (κ1) is 12.0. The van der Waals surface area contributed by atoms with Crippen LogP contribution in [0.3, 0.4) is 0 Å². The van der Waals surface area contributed by atoms with Crippen LogP contribution in [0, 0.1) is 5.82 Å². The fraction of sp³-hybridized carbons (Fsp3) is 0.462. The highest BCUT2D eigenvalue weighted by molar-refractivity contribution is 5.94. The summed E-state index contributed by atoms with van der Waals surface area (Å²) in [4.78, 5) is 16.2. The average Bonchev–Trinajstić information content (AvgIpc) is 2.53. The first-order valence-corrected chi connectivity index (χ1v) is 5.90. The number of carbonyl (C=O) groups excluding carboxylic acids is 1. The van der Waals surface area contributed by atoms with Gasteiger partial charge in [-0.05, 0) is 38.2 Å². The molecule has 17 heavy (non-hydrogen) atoms. The number of benzene rings is 1. The minimum atomic E-state index is -0.359. The fourth-order valence-corrected chi connectivity index (χ4v) is 2.05. The minimum Gasteiger partial charge on any atom is -0.337 e. The number of amides is 1. The standard InChI is InChI=1S/C13H17FN2O/c1-15-6-3-7-16(9-8-15)13(17)11-4-2-5-12(14)10-11/h2,4-5,10H,3,6-9H2,1H3. The summed E-state index contributed by atoms with van der Waals surface area (Å²) in [5.74, 6) is -0.428. The second-order valence-electron chi connectivity index (χ2n) is 4.46. The molecular weight excluding hydrogens is 219 g/mol. The molecule has 0 N–H and O–H groups in total. The van der Waals surface area contributed by atoms with E-state index in [1.165, 1.54) is 12.1 Å². The molecule has 0 radical (unpaired) electrons. The lowest BCUT2D eigenvalue weighted by atomic mass is 10.2. The molecule has 1 amide bonds. The molecule has 0 spiro atoms. The largest absolute Gasteiger partial charge is 0.337 e. The molecule has 1 aromatic rings. The molecule has 1 aliphatic heterocycles. The van der Waals surface area contributed by atoms with Crippen LogP contribution in [0.2, 0.25) is 0 Å². The lowest BCUT2D eigenvalue weighted by molar-refractivity contribution is 0.0762. The molecule has 0 unspecified atom stereocenters. The maximum atomic E-state index is 13.1. The molecule has 1 saturated heterocycles. The third kappa shape index (κ3) is 3.03. The van der Waals surface area contributed by atoms with Gasteiger partial charge in [0.15, 0.2) is 0 Å². The predicted molar refractivity (Wildman–Crippen MR) is 64.4 cm³/mol. The molecule has 92 valence electrons. The molecule has 1 aromatic carbocycles. The Morgan fingerprint density at radius 2 is 2.06 bits per heavy atom. The molecule has 2 rings (SSSR count). The van der Waals surface area contributed by atoms with Crippen molar-refractivity contribution in [2.75, 3.05) is 33.2 Å². The third-order valence-electron chi connectivity index (χ3n) is 3.08. The van der Waals surface area contributed by atoms with Crippen molar-refractivity contribution in [3.8, 4) is 0 Å². The van der Waals surface area contributed by atoms with E-state index in [2.05, 4.69) is 11.9 Å². The van der Waals surface area contributed by atoms with Crippen molar-refractivity contribution in [1.82, 2.24) is 9.80 Å². The van der Waals surface area contributed by atoms with E-state index in [1.807, 2.05) is 0 Å². The van der Waals surface area contributed by atoms with Gasteiger partial charge >= 0.3 is 0 Å². The Morgan fingerprint density at radius 3 is 2.82 bits per heavy atom. The Labute approximate surface area is 101 Å². The highest BCUT2D eigenvalue weighted by Crippen LogP contribution is 2.10. The molecule has 0 atom stereocenters. The van der Waals surface area contributed by atoms with Crippen LogP contribution in [0.15, 0.2) is 24.3 Å². The summed E-state index contributed by atoms with van der Waals surface area (Å²) in [7, 11) is 2.05. The second kappa shape index (κ2) is 5.27. The zero-order valence-electron chi connectivity index (χ0n) is 10.0. The monoisotopic (exact) mass is 236 g/mol. The number of likely N-dealkylation sites (N-methyl/N-ethyl adjacent to an activating group) is 1. The molecule has 0 aliphatic carbocycles. The van der Waals surface area contributed by atoms with Gasteiger partial charge in [-0.3, -0.25) is 4.79 Å². The smallest absolute Gasteiger partial charge is 0.254 e. The van der Waals surface area contributed by atoms with E-state index in [0.29, 0.717) is 12.1 Å². The molecular formula is C13H17FN2O. The summed E-state index contributed by atoms with van der Waals surface area (Å²) in [5, 5.41) is 0. The van der Waals surface area contributed by atoms with E-state index in [4.69, 9.17) is 0 Å². The molecule has 4 heteroatoms. The fourth-order valence-electron chi connectivity index (χ4n) is 2.05. The summed E-state index contributed by atoms with van der Waals surface area (Å²) in [5.41, 5.74) is 0.439. The van der Waals surface area contributed by atoms with Gasteiger partial charge in [-0.25, -0.2) is 4.39 Å². The molecule has 0 bridgehead atoms.